The lowest BCUT2D eigenvalue weighted by Gasteiger charge is -2.08. The lowest BCUT2D eigenvalue weighted by Crippen LogP contribution is -1.89. The van der Waals surface area contributed by atoms with Crippen LogP contribution in [0.3, 0.4) is 0 Å². The highest BCUT2D eigenvalue weighted by Gasteiger charge is 2.04. The second kappa shape index (κ2) is 4.39. The molecule has 0 spiro atoms. The Morgan fingerprint density at radius 1 is 0.895 bits per heavy atom. The van der Waals surface area contributed by atoms with Gasteiger partial charge in [-0.25, -0.2) is 0 Å². The number of pyridine rings is 1. The van der Waals surface area contributed by atoms with Crippen LogP contribution in [0.15, 0.2) is 48.5 Å². The molecule has 0 aliphatic heterocycles. The average Bonchev–Trinajstić information content (AvgIpc) is 2.41. The summed E-state index contributed by atoms with van der Waals surface area (Å²) < 4.78 is 0. The molecule has 0 saturated carbocycles. The highest BCUT2D eigenvalue weighted by Crippen LogP contribution is 2.28. The average molecular weight is 248 g/mol. The molecule has 1 heterocycles. The Kier molecular flexibility index (Phi) is 2.71. The summed E-state index contributed by atoms with van der Waals surface area (Å²) in [5, 5.41) is 1.16. The normalized spacial score (nSPS) is 10.8. The van der Waals surface area contributed by atoms with Gasteiger partial charge in [0.05, 0.1) is 5.52 Å². The van der Waals surface area contributed by atoms with Crippen molar-refractivity contribution < 1.29 is 0 Å². The molecule has 2 nitrogen and oxygen atoms in total. The number of nitrogens with zero attached hydrogens (tertiary/aromatic N) is 1. The predicted octanol–water partition coefficient (Wildman–Crippen LogP) is 4.10. The molecule has 1 aromatic heterocycles. The highest BCUT2D eigenvalue weighted by atomic mass is 14.7. The second-order valence-electron chi connectivity index (χ2n) is 4.93. The SMILES string of the molecule is Cc1ccc2cc(-c3cc(N)ccc3C)ccc2n1. The van der Waals surface area contributed by atoms with Gasteiger partial charge in [0.25, 0.3) is 0 Å². The van der Waals surface area contributed by atoms with Gasteiger partial charge < -0.3 is 5.73 Å². The Morgan fingerprint density at radius 2 is 1.74 bits per heavy atom. The molecular formula is C17H16N2. The van der Waals surface area contributed by atoms with Gasteiger partial charge in [-0.2, -0.15) is 0 Å². The van der Waals surface area contributed by atoms with Crippen molar-refractivity contribution >= 4 is 16.6 Å². The second-order valence-corrected chi connectivity index (χ2v) is 4.93. The summed E-state index contributed by atoms with van der Waals surface area (Å²) in [7, 11) is 0. The standard InChI is InChI=1S/C17H16N2/c1-11-3-7-15(18)10-16(11)13-6-8-17-14(9-13)5-4-12(2)19-17/h3-10H,18H2,1-2H3. The minimum atomic E-state index is 0.794. The van der Waals surface area contributed by atoms with E-state index in [2.05, 4.69) is 42.2 Å². The third kappa shape index (κ3) is 2.17. The third-order valence-electron chi connectivity index (χ3n) is 3.40. The molecule has 94 valence electrons. The molecule has 0 amide bonds. The van der Waals surface area contributed by atoms with Gasteiger partial charge in [0.15, 0.2) is 0 Å². The van der Waals surface area contributed by atoms with Crippen LogP contribution >= 0.6 is 0 Å². The molecule has 19 heavy (non-hydrogen) atoms. The van der Waals surface area contributed by atoms with Crippen LogP contribution in [0.1, 0.15) is 11.3 Å². The summed E-state index contributed by atoms with van der Waals surface area (Å²) in [5.74, 6) is 0. The summed E-state index contributed by atoms with van der Waals surface area (Å²) in [6, 6.07) is 16.5. The van der Waals surface area contributed by atoms with Crippen molar-refractivity contribution in [1.29, 1.82) is 0 Å². The monoisotopic (exact) mass is 248 g/mol. The first-order chi connectivity index (χ1) is 9.13. The quantitative estimate of drug-likeness (QED) is 0.658. The number of nitrogens with two attached hydrogens (primary N) is 1. The Morgan fingerprint density at radius 3 is 2.58 bits per heavy atom. The van der Waals surface area contributed by atoms with Crippen molar-refractivity contribution in [3.05, 3.63) is 59.8 Å². The van der Waals surface area contributed by atoms with Gasteiger partial charge in [-0.1, -0.05) is 18.2 Å². The molecule has 0 saturated heterocycles. The molecule has 0 atom stereocenters. The van der Waals surface area contributed by atoms with Gasteiger partial charge in [-0.3, -0.25) is 4.98 Å². The molecule has 0 unspecified atom stereocenters. The Labute approximate surface area is 112 Å². The number of aromatic nitrogens is 1. The van der Waals surface area contributed by atoms with Crippen molar-refractivity contribution in [2.24, 2.45) is 0 Å². The van der Waals surface area contributed by atoms with Crippen LogP contribution < -0.4 is 5.73 Å². The number of nitrogen functional groups attached to an aromatic ring is 1. The van der Waals surface area contributed by atoms with Gasteiger partial charge in [0.2, 0.25) is 0 Å². The first kappa shape index (κ1) is 11.7. The van der Waals surface area contributed by atoms with Crippen molar-refractivity contribution in [1.82, 2.24) is 4.98 Å². The van der Waals surface area contributed by atoms with E-state index in [-0.39, 0.29) is 0 Å². The first-order valence-electron chi connectivity index (χ1n) is 6.37. The van der Waals surface area contributed by atoms with E-state index >= 15 is 0 Å². The van der Waals surface area contributed by atoms with E-state index < -0.39 is 0 Å². The van der Waals surface area contributed by atoms with E-state index in [1.807, 2.05) is 25.1 Å². The van der Waals surface area contributed by atoms with E-state index in [9.17, 15) is 0 Å². The molecule has 0 aliphatic rings. The number of benzene rings is 2. The van der Waals surface area contributed by atoms with Crippen LogP contribution in [-0.4, -0.2) is 4.98 Å². The molecule has 0 radical (unpaired) electrons. The van der Waals surface area contributed by atoms with Gasteiger partial charge in [0, 0.05) is 16.8 Å². The summed E-state index contributed by atoms with van der Waals surface area (Å²) in [4.78, 5) is 4.53. The van der Waals surface area contributed by atoms with Crippen molar-refractivity contribution in [2.45, 2.75) is 13.8 Å². The van der Waals surface area contributed by atoms with Crippen molar-refractivity contribution in [2.75, 3.05) is 5.73 Å². The number of aryl methyl sites for hydroxylation is 2. The number of hydrogen-bond acceptors (Lipinski definition) is 2. The maximum atomic E-state index is 5.88. The zero-order valence-electron chi connectivity index (χ0n) is 11.1. The fourth-order valence-corrected chi connectivity index (χ4v) is 2.35. The van der Waals surface area contributed by atoms with Crippen LogP contribution in [0.4, 0.5) is 5.69 Å². The first-order valence-corrected chi connectivity index (χ1v) is 6.37. The number of fused-ring (bicyclic) bond motifs is 1. The molecule has 0 bridgehead atoms. The molecule has 0 aliphatic carbocycles. The molecule has 2 N–H and O–H groups in total. The predicted molar refractivity (Wildman–Crippen MR) is 81.1 cm³/mol. The van der Waals surface area contributed by atoms with Crippen LogP contribution in [-0.2, 0) is 0 Å². The number of anilines is 1. The molecule has 3 rings (SSSR count). The van der Waals surface area contributed by atoms with Gasteiger partial charge in [-0.15, -0.1) is 0 Å². The van der Waals surface area contributed by atoms with Crippen LogP contribution in [0.5, 0.6) is 0 Å². The highest BCUT2D eigenvalue weighted by molar-refractivity contribution is 5.85. The Bertz CT molecular complexity index is 760. The van der Waals surface area contributed by atoms with Crippen LogP contribution in [0.25, 0.3) is 22.0 Å². The van der Waals surface area contributed by atoms with E-state index in [1.165, 1.54) is 16.7 Å². The minimum Gasteiger partial charge on any atom is -0.399 e. The fraction of sp³-hybridized carbons (Fsp3) is 0.118. The van der Waals surface area contributed by atoms with Gasteiger partial charge in [0.1, 0.15) is 0 Å². The van der Waals surface area contributed by atoms with E-state index in [0.717, 1.165) is 22.3 Å². The number of hydrogen-bond donors (Lipinski definition) is 1. The summed E-state index contributed by atoms with van der Waals surface area (Å²) in [6.45, 7) is 4.11. The molecule has 3 aromatic rings. The van der Waals surface area contributed by atoms with Crippen LogP contribution in [0.2, 0.25) is 0 Å². The lowest BCUT2D eigenvalue weighted by atomic mass is 9.98. The van der Waals surface area contributed by atoms with Crippen molar-refractivity contribution in [3.63, 3.8) is 0 Å². The molecule has 2 heteroatoms. The maximum Gasteiger partial charge on any atom is 0.0705 e. The topological polar surface area (TPSA) is 38.9 Å². The third-order valence-corrected chi connectivity index (χ3v) is 3.40. The molecular weight excluding hydrogens is 232 g/mol. The summed E-state index contributed by atoms with van der Waals surface area (Å²) in [5.41, 5.74) is 12.4. The zero-order chi connectivity index (χ0) is 13.4. The van der Waals surface area contributed by atoms with E-state index in [4.69, 9.17) is 5.73 Å². The smallest absolute Gasteiger partial charge is 0.0705 e. The Hall–Kier alpha value is -2.35. The van der Waals surface area contributed by atoms with E-state index in [0.29, 0.717) is 0 Å². The maximum absolute atomic E-state index is 5.88. The molecule has 2 aromatic carbocycles. The van der Waals surface area contributed by atoms with Gasteiger partial charge >= 0.3 is 0 Å². The van der Waals surface area contributed by atoms with E-state index in [1.54, 1.807) is 0 Å². The van der Waals surface area contributed by atoms with Crippen molar-refractivity contribution in [3.8, 4) is 11.1 Å². The minimum absolute atomic E-state index is 0.794. The van der Waals surface area contributed by atoms with Gasteiger partial charge in [-0.05, 0) is 60.9 Å². The fourth-order valence-electron chi connectivity index (χ4n) is 2.35. The number of rotatable bonds is 1. The Balaban J connectivity index is 2.20. The largest absolute Gasteiger partial charge is 0.399 e. The zero-order valence-corrected chi connectivity index (χ0v) is 11.1. The van der Waals surface area contributed by atoms with Crippen LogP contribution in [0, 0.1) is 13.8 Å². The molecule has 0 fully saturated rings. The lowest BCUT2D eigenvalue weighted by molar-refractivity contribution is 1.26. The summed E-state index contributed by atoms with van der Waals surface area (Å²) >= 11 is 0. The summed E-state index contributed by atoms with van der Waals surface area (Å²) in [6.07, 6.45) is 0.